The first-order valence-corrected chi connectivity index (χ1v) is 7.53. The maximum atomic E-state index is 12.4. The van der Waals surface area contributed by atoms with Gasteiger partial charge in [-0.2, -0.15) is 4.98 Å². The smallest absolute Gasteiger partial charge is 0.247 e. The van der Waals surface area contributed by atoms with Crippen LogP contribution in [0.5, 0.6) is 0 Å². The molecule has 1 aromatic rings. The number of nitrogens with one attached hydrogen (secondary N) is 1. The Bertz CT molecular complexity index is 536. The van der Waals surface area contributed by atoms with Gasteiger partial charge in [-0.3, -0.25) is 19.8 Å². The van der Waals surface area contributed by atoms with Gasteiger partial charge in [0.2, 0.25) is 17.7 Å². The zero-order valence-electron chi connectivity index (χ0n) is 12.2. The summed E-state index contributed by atoms with van der Waals surface area (Å²) in [5.74, 6) is 0.828. The van der Waals surface area contributed by atoms with Crippen LogP contribution < -0.4 is 5.32 Å². The third-order valence-electron chi connectivity index (χ3n) is 4.20. The molecule has 1 aliphatic heterocycles. The van der Waals surface area contributed by atoms with Crippen molar-refractivity contribution in [3.8, 4) is 0 Å². The molecule has 7 heteroatoms. The second-order valence-electron chi connectivity index (χ2n) is 5.76. The van der Waals surface area contributed by atoms with Crippen molar-refractivity contribution in [2.45, 2.75) is 64.1 Å². The van der Waals surface area contributed by atoms with Crippen LogP contribution in [0.2, 0.25) is 0 Å². The lowest BCUT2D eigenvalue weighted by Gasteiger charge is -2.29. The van der Waals surface area contributed by atoms with Crippen LogP contribution in [0.3, 0.4) is 0 Å². The fourth-order valence-corrected chi connectivity index (χ4v) is 3.16. The van der Waals surface area contributed by atoms with E-state index in [1.165, 1.54) is 11.3 Å². The Kier molecular flexibility index (Phi) is 4.01. The van der Waals surface area contributed by atoms with E-state index in [9.17, 15) is 9.59 Å². The van der Waals surface area contributed by atoms with Crippen molar-refractivity contribution in [1.29, 1.82) is 0 Å². The molecular formula is C14H20N4O3. The molecule has 2 amide bonds. The quantitative estimate of drug-likeness (QED) is 0.830. The summed E-state index contributed by atoms with van der Waals surface area (Å²) < 4.78 is 4.88. The predicted octanol–water partition coefficient (Wildman–Crippen LogP) is 0.928. The molecule has 0 aromatic carbocycles. The average Bonchev–Trinajstić information content (AvgIpc) is 3.01. The summed E-state index contributed by atoms with van der Waals surface area (Å²) in [7, 11) is 0. The van der Waals surface area contributed by atoms with E-state index in [-0.39, 0.29) is 24.3 Å². The first-order chi connectivity index (χ1) is 10.1. The Morgan fingerprint density at radius 2 is 2.05 bits per heavy atom. The van der Waals surface area contributed by atoms with E-state index in [2.05, 4.69) is 15.5 Å². The molecule has 1 N–H and O–H groups in total. The Labute approximate surface area is 123 Å². The number of aromatic nitrogens is 2. The number of nitrogens with zero attached hydrogens (tertiary/aromatic N) is 3. The molecule has 1 atom stereocenters. The van der Waals surface area contributed by atoms with E-state index < -0.39 is 6.04 Å². The van der Waals surface area contributed by atoms with Gasteiger partial charge in [0, 0.05) is 13.0 Å². The lowest BCUT2D eigenvalue weighted by molar-refractivity contribution is -0.142. The predicted molar refractivity (Wildman–Crippen MR) is 73.0 cm³/mol. The summed E-state index contributed by atoms with van der Waals surface area (Å²) >= 11 is 0. The lowest BCUT2D eigenvalue weighted by atomic mass is 9.94. The summed E-state index contributed by atoms with van der Waals surface area (Å²) in [5.41, 5.74) is 0. The fraction of sp³-hybridized carbons (Fsp3) is 0.714. The minimum absolute atomic E-state index is 0.0614. The third kappa shape index (κ3) is 2.97. The molecule has 2 aliphatic rings. The maximum absolute atomic E-state index is 12.4. The molecule has 1 saturated heterocycles. The highest BCUT2D eigenvalue weighted by Crippen LogP contribution is 2.27. The molecule has 7 nitrogen and oxygen atoms in total. The number of amides is 2. The van der Waals surface area contributed by atoms with E-state index in [1.807, 2.05) is 0 Å². The number of hydrogen-bond donors (Lipinski definition) is 1. The molecule has 0 radical (unpaired) electrons. The third-order valence-corrected chi connectivity index (χ3v) is 4.20. The number of imide groups is 1. The topological polar surface area (TPSA) is 88.3 Å². The number of carbonyl (C=O) groups excluding carboxylic acids is 2. The molecular weight excluding hydrogens is 272 g/mol. The summed E-state index contributed by atoms with van der Waals surface area (Å²) in [6.45, 7) is 2.05. The van der Waals surface area contributed by atoms with E-state index in [4.69, 9.17) is 4.52 Å². The number of rotatable bonds is 4. The summed E-state index contributed by atoms with van der Waals surface area (Å²) in [4.78, 5) is 30.1. The highest BCUT2D eigenvalue weighted by Gasteiger charge is 2.42. The Morgan fingerprint density at radius 3 is 2.71 bits per heavy atom. The molecule has 114 valence electrons. The summed E-state index contributed by atoms with van der Waals surface area (Å²) in [6, 6.07) is -0.365. The van der Waals surface area contributed by atoms with Crippen LogP contribution in [-0.4, -0.2) is 38.9 Å². The van der Waals surface area contributed by atoms with E-state index in [1.54, 1.807) is 6.92 Å². The average molecular weight is 292 g/mol. The largest absolute Gasteiger partial charge is 0.340 e. The first kappa shape index (κ1) is 14.2. The van der Waals surface area contributed by atoms with Crippen molar-refractivity contribution >= 4 is 11.8 Å². The zero-order valence-corrected chi connectivity index (χ0v) is 12.2. The molecule has 2 heterocycles. The second kappa shape index (κ2) is 5.93. The van der Waals surface area contributed by atoms with Gasteiger partial charge in [-0.15, -0.1) is 0 Å². The van der Waals surface area contributed by atoms with Gasteiger partial charge >= 0.3 is 0 Å². The minimum Gasteiger partial charge on any atom is -0.340 e. The Balaban J connectivity index is 1.60. The Hall–Kier alpha value is -1.76. The van der Waals surface area contributed by atoms with Crippen LogP contribution in [0.25, 0.3) is 0 Å². The van der Waals surface area contributed by atoms with Gasteiger partial charge in [0.05, 0.1) is 19.0 Å². The van der Waals surface area contributed by atoms with Crippen LogP contribution in [-0.2, 0) is 16.1 Å². The molecule has 0 spiro atoms. The standard InChI is InChI=1S/C14H20N4O3/c1-9-16-12(17-21-9)8-15-11-7-13(19)18(14(11)20)10-5-3-2-4-6-10/h10-11,15H,2-8H2,1H3. The van der Waals surface area contributed by atoms with Crippen molar-refractivity contribution in [2.24, 2.45) is 0 Å². The van der Waals surface area contributed by atoms with E-state index in [0.29, 0.717) is 18.3 Å². The second-order valence-corrected chi connectivity index (χ2v) is 5.76. The number of carbonyl (C=O) groups is 2. The van der Waals surface area contributed by atoms with E-state index in [0.717, 1.165) is 25.7 Å². The summed E-state index contributed by atoms with van der Waals surface area (Å²) in [5, 5.41) is 6.83. The van der Waals surface area contributed by atoms with Gasteiger partial charge < -0.3 is 4.52 Å². The molecule has 1 aliphatic carbocycles. The number of likely N-dealkylation sites (tertiary alicyclic amines) is 1. The van der Waals surface area contributed by atoms with Crippen LogP contribution >= 0.6 is 0 Å². The van der Waals surface area contributed by atoms with Crippen molar-refractivity contribution in [3.63, 3.8) is 0 Å². The molecule has 1 unspecified atom stereocenters. The lowest BCUT2D eigenvalue weighted by Crippen LogP contribution is -2.44. The van der Waals surface area contributed by atoms with Crippen LogP contribution in [0.1, 0.15) is 50.2 Å². The molecule has 2 fully saturated rings. The van der Waals surface area contributed by atoms with Gasteiger partial charge in [-0.1, -0.05) is 24.4 Å². The Morgan fingerprint density at radius 1 is 1.29 bits per heavy atom. The minimum atomic E-state index is -0.460. The molecule has 1 saturated carbocycles. The van der Waals surface area contributed by atoms with Gasteiger partial charge in [0.25, 0.3) is 0 Å². The number of aryl methyl sites for hydroxylation is 1. The fourth-order valence-electron chi connectivity index (χ4n) is 3.16. The SMILES string of the molecule is Cc1nc(CNC2CC(=O)N(C3CCCCC3)C2=O)no1. The van der Waals surface area contributed by atoms with Gasteiger partial charge in [0.1, 0.15) is 0 Å². The van der Waals surface area contributed by atoms with Crippen molar-refractivity contribution in [1.82, 2.24) is 20.4 Å². The molecule has 3 rings (SSSR count). The molecule has 0 bridgehead atoms. The highest BCUT2D eigenvalue weighted by molar-refractivity contribution is 6.05. The monoisotopic (exact) mass is 292 g/mol. The van der Waals surface area contributed by atoms with Crippen LogP contribution in [0.4, 0.5) is 0 Å². The van der Waals surface area contributed by atoms with Crippen LogP contribution in [0, 0.1) is 6.92 Å². The van der Waals surface area contributed by atoms with Crippen molar-refractivity contribution < 1.29 is 14.1 Å². The zero-order chi connectivity index (χ0) is 14.8. The van der Waals surface area contributed by atoms with Crippen LogP contribution in [0.15, 0.2) is 4.52 Å². The van der Waals surface area contributed by atoms with Crippen molar-refractivity contribution in [2.75, 3.05) is 0 Å². The number of hydrogen-bond acceptors (Lipinski definition) is 6. The van der Waals surface area contributed by atoms with Crippen molar-refractivity contribution in [3.05, 3.63) is 11.7 Å². The van der Waals surface area contributed by atoms with Gasteiger partial charge in [-0.25, -0.2) is 0 Å². The van der Waals surface area contributed by atoms with Gasteiger partial charge in [0.15, 0.2) is 5.82 Å². The summed E-state index contributed by atoms with van der Waals surface area (Å²) in [6.07, 6.45) is 5.50. The molecule has 21 heavy (non-hydrogen) atoms. The first-order valence-electron chi connectivity index (χ1n) is 7.53. The van der Waals surface area contributed by atoms with Gasteiger partial charge in [-0.05, 0) is 12.8 Å². The molecule has 1 aromatic heterocycles. The van der Waals surface area contributed by atoms with E-state index >= 15 is 0 Å². The maximum Gasteiger partial charge on any atom is 0.247 e. The highest BCUT2D eigenvalue weighted by atomic mass is 16.5. The normalized spacial score (nSPS) is 24.0.